The Morgan fingerprint density at radius 2 is 1.41 bits per heavy atom. The minimum Gasteiger partial charge on any atom is -0.326 e. The molecule has 0 aliphatic carbocycles. The van der Waals surface area contributed by atoms with Crippen molar-refractivity contribution in [2.24, 2.45) is 0 Å². The number of fused-ring (bicyclic) bond motifs is 1. The van der Waals surface area contributed by atoms with Crippen molar-refractivity contribution in [2.75, 3.05) is 11.9 Å². The molecule has 0 spiro atoms. The molecule has 29 heavy (non-hydrogen) atoms. The number of imide groups is 1. The van der Waals surface area contributed by atoms with E-state index in [9.17, 15) is 14.4 Å². The molecule has 6 heteroatoms. The van der Waals surface area contributed by atoms with Crippen LogP contribution in [0.4, 0.5) is 5.69 Å². The van der Waals surface area contributed by atoms with Gasteiger partial charge in [-0.2, -0.15) is 0 Å². The van der Waals surface area contributed by atoms with Crippen LogP contribution in [0.5, 0.6) is 0 Å². The lowest BCUT2D eigenvalue weighted by Gasteiger charge is -2.13. The molecule has 2 aromatic carbocycles. The Kier molecular flexibility index (Phi) is 5.16. The first-order chi connectivity index (χ1) is 14.1. The summed E-state index contributed by atoms with van der Waals surface area (Å²) in [4.78, 5) is 42.1. The molecular formula is C23H19N3O3. The smallest absolute Gasteiger partial charge is 0.261 e. The fourth-order valence-electron chi connectivity index (χ4n) is 3.32. The van der Waals surface area contributed by atoms with E-state index in [2.05, 4.69) is 10.3 Å². The van der Waals surface area contributed by atoms with E-state index < -0.39 is 0 Å². The summed E-state index contributed by atoms with van der Waals surface area (Å²) in [5.41, 5.74) is 3.75. The summed E-state index contributed by atoms with van der Waals surface area (Å²) in [6.07, 6.45) is 4.36. The molecule has 4 rings (SSSR count). The zero-order chi connectivity index (χ0) is 20.2. The molecule has 0 fully saturated rings. The summed E-state index contributed by atoms with van der Waals surface area (Å²) in [7, 11) is 0. The monoisotopic (exact) mass is 385 g/mol. The molecule has 0 saturated heterocycles. The highest BCUT2D eigenvalue weighted by Crippen LogP contribution is 2.22. The van der Waals surface area contributed by atoms with Gasteiger partial charge in [0, 0.05) is 31.0 Å². The van der Waals surface area contributed by atoms with Gasteiger partial charge >= 0.3 is 0 Å². The molecule has 3 amide bonds. The Hall–Kier alpha value is -3.80. The molecular weight excluding hydrogens is 366 g/mol. The second-order valence-electron chi connectivity index (χ2n) is 6.83. The number of anilines is 1. The quantitative estimate of drug-likeness (QED) is 0.661. The van der Waals surface area contributed by atoms with Crippen molar-refractivity contribution in [3.63, 3.8) is 0 Å². The number of amides is 3. The van der Waals surface area contributed by atoms with Gasteiger partial charge in [-0.1, -0.05) is 24.3 Å². The van der Waals surface area contributed by atoms with Crippen LogP contribution in [-0.2, 0) is 11.2 Å². The SMILES string of the molecule is O=C(CCN1C(=O)c2ccccc2C1=O)Nc1ccc(Cc2ccncc2)cc1. The molecule has 0 unspecified atom stereocenters. The highest BCUT2D eigenvalue weighted by atomic mass is 16.2. The fourth-order valence-corrected chi connectivity index (χ4v) is 3.32. The highest BCUT2D eigenvalue weighted by Gasteiger charge is 2.34. The van der Waals surface area contributed by atoms with E-state index in [0.29, 0.717) is 16.8 Å². The van der Waals surface area contributed by atoms with Crippen molar-refractivity contribution >= 4 is 23.4 Å². The van der Waals surface area contributed by atoms with Gasteiger partial charge in [-0.05, 0) is 53.9 Å². The molecule has 1 N–H and O–H groups in total. The zero-order valence-corrected chi connectivity index (χ0v) is 15.7. The summed E-state index contributed by atoms with van der Waals surface area (Å²) < 4.78 is 0. The van der Waals surface area contributed by atoms with Gasteiger partial charge in [0.05, 0.1) is 11.1 Å². The summed E-state index contributed by atoms with van der Waals surface area (Å²) in [5.74, 6) is -0.943. The third kappa shape index (κ3) is 4.06. The predicted molar refractivity (Wildman–Crippen MR) is 109 cm³/mol. The lowest BCUT2D eigenvalue weighted by Crippen LogP contribution is -2.32. The number of nitrogens with one attached hydrogen (secondary N) is 1. The van der Waals surface area contributed by atoms with Crippen LogP contribution in [0.15, 0.2) is 73.1 Å². The molecule has 1 aromatic heterocycles. The van der Waals surface area contributed by atoms with E-state index in [4.69, 9.17) is 0 Å². The molecule has 0 bridgehead atoms. The first-order valence-electron chi connectivity index (χ1n) is 9.35. The van der Waals surface area contributed by atoms with Crippen LogP contribution in [0.3, 0.4) is 0 Å². The fraction of sp³-hybridized carbons (Fsp3) is 0.130. The van der Waals surface area contributed by atoms with Gasteiger partial charge in [-0.3, -0.25) is 24.3 Å². The molecule has 0 saturated carbocycles. The maximum absolute atomic E-state index is 12.3. The Labute approximate surface area is 168 Å². The minimum absolute atomic E-state index is 0.0459. The second kappa shape index (κ2) is 8.06. The number of nitrogens with zero attached hydrogens (tertiary/aromatic N) is 2. The molecule has 1 aliphatic rings. The summed E-state index contributed by atoms with van der Waals surface area (Å²) in [5, 5.41) is 2.81. The molecule has 2 heterocycles. The first kappa shape index (κ1) is 18.6. The van der Waals surface area contributed by atoms with E-state index in [1.54, 1.807) is 36.7 Å². The molecule has 1 aliphatic heterocycles. The number of aromatic nitrogens is 1. The third-order valence-corrected chi connectivity index (χ3v) is 4.84. The Bertz CT molecular complexity index is 1030. The Morgan fingerprint density at radius 1 is 0.828 bits per heavy atom. The van der Waals surface area contributed by atoms with Crippen molar-refractivity contribution in [3.8, 4) is 0 Å². The molecule has 6 nitrogen and oxygen atoms in total. The van der Waals surface area contributed by atoms with Crippen LogP contribution >= 0.6 is 0 Å². The number of pyridine rings is 1. The average Bonchev–Trinajstić information content (AvgIpc) is 2.99. The molecule has 0 radical (unpaired) electrons. The number of hydrogen-bond acceptors (Lipinski definition) is 4. The van der Waals surface area contributed by atoms with Gasteiger partial charge in [0.25, 0.3) is 11.8 Å². The van der Waals surface area contributed by atoms with Crippen molar-refractivity contribution < 1.29 is 14.4 Å². The van der Waals surface area contributed by atoms with Gasteiger partial charge in [0.2, 0.25) is 5.91 Å². The van der Waals surface area contributed by atoms with E-state index in [1.807, 2.05) is 36.4 Å². The standard InChI is InChI=1S/C23H19N3O3/c27-21(11-14-26-22(28)19-3-1-2-4-20(19)23(26)29)25-18-7-5-16(6-8-18)15-17-9-12-24-13-10-17/h1-10,12-13H,11,14-15H2,(H,25,27). The van der Waals surface area contributed by atoms with Crippen LogP contribution in [0.1, 0.15) is 38.3 Å². The molecule has 144 valence electrons. The van der Waals surface area contributed by atoms with Crippen LogP contribution < -0.4 is 5.32 Å². The van der Waals surface area contributed by atoms with E-state index in [0.717, 1.165) is 22.4 Å². The van der Waals surface area contributed by atoms with Crippen molar-refractivity contribution in [3.05, 3.63) is 95.3 Å². The lowest BCUT2D eigenvalue weighted by atomic mass is 10.1. The van der Waals surface area contributed by atoms with Gasteiger partial charge in [-0.25, -0.2) is 0 Å². The van der Waals surface area contributed by atoms with Crippen molar-refractivity contribution in [1.82, 2.24) is 9.88 Å². The van der Waals surface area contributed by atoms with Gasteiger partial charge in [-0.15, -0.1) is 0 Å². The number of carbonyl (C=O) groups is 3. The summed E-state index contributed by atoms with van der Waals surface area (Å²) in [6.45, 7) is 0.0539. The largest absolute Gasteiger partial charge is 0.326 e. The summed E-state index contributed by atoms with van der Waals surface area (Å²) >= 11 is 0. The van der Waals surface area contributed by atoms with Crippen molar-refractivity contribution in [1.29, 1.82) is 0 Å². The topological polar surface area (TPSA) is 79.4 Å². The number of rotatable bonds is 6. The van der Waals surface area contributed by atoms with E-state index in [1.165, 1.54) is 0 Å². The third-order valence-electron chi connectivity index (χ3n) is 4.84. The van der Waals surface area contributed by atoms with E-state index in [-0.39, 0.29) is 30.7 Å². The lowest BCUT2D eigenvalue weighted by molar-refractivity contribution is -0.116. The maximum Gasteiger partial charge on any atom is 0.261 e. The van der Waals surface area contributed by atoms with Gasteiger partial charge in [0.1, 0.15) is 0 Å². The summed E-state index contributed by atoms with van der Waals surface area (Å²) in [6, 6.07) is 18.2. The van der Waals surface area contributed by atoms with Crippen molar-refractivity contribution in [2.45, 2.75) is 12.8 Å². The van der Waals surface area contributed by atoms with Crippen LogP contribution in [0, 0.1) is 0 Å². The number of benzene rings is 2. The number of hydrogen-bond donors (Lipinski definition) is 1. The van der Waals surface area contributed by atoms with E-state index >= 15 is 0 Å². The Morgan fingerprint density at radius 3 is 2.03 bits per heavy atom. The van der Waals surface area contributed by atoms with Crippen LogP contribution in [0.2, 0.25) is 0 Å². The molecule has 3 aromatic rings. The van der Waals surface area contributed by atoms with Crippen LogP contribution in [0.25, 0.3) is 0 Å². The number of carbonyl (C=O) groups excluding carboxylic acids is 3. The van der Waals surface area contributed by atoms with Crippen LogP contribution in [-0.4, -0.2) is 34.2 Å². The molecule has 0 atom stereocenters. The van der Waals surface area contributed by atoms with Gasteiger partial charge in [0.15, 0.2) is 0 Å². The first-order valence-corrected chi connectivity index (χ1v) is 9.35. The normalized spacial score (nSPS) is 12.8. The second-order valence-corrected chi connectivity index (χ2v) is 6.83. The van der Waals surface area contributed by atoms with Gasteiger partial charge < -0.3 is 5.32 Å². The maximum atomic E-state index is 12.3. The highest BCUT2D eigenvalue weighted by molar-refractivity contribution is 6.21. The average molecular weight is 385 g/mol. The minimum atomic E-state index is -0.348. The predicted octanol–water partition coefficient (Wildman–Crippen LogP) is 3.30. The zero-order valence-electron chi connectivity index (χ0n) is 15.7. The Balaban J connectivity index is 1.31.